The van der Waals surface area contributed by atoms with E-state index in [9.17, 15) is 4.79 Å². The molecule has 2 rings (SSSR count). The van der Waals surface area contributed by atoms with E-state index < -0.39 is 0 Å². The third-order valence-corrected chi connectivity index (χ3v) is 4.46. The number of piperidine rings is 1. The monoisotopic (exact) mass is 238 g/mol. The summed E-state index contributed by atoms with van der Waals surface area (Å²) < 4.78 is 0. The molecule has 3 heteroatoms. The zero-order valence-electron chi connectivity index (χ0n) is 11.3. The van der Waals surface area contributed by atoms with Gasteiger partial charge in [0.15, 0.2) is 0 Å². The number of hydrogen-bond acceptors (Lipinski definition) is 2. The van der Waals surface area contributed by atoms with Gasteiger partial charge in [-0.1, -0.05) is 19.3 Å². The van der Waals surface area contributed by atoms with E-state index in [0.29, 0.717) is 17.9 Å². The van der Waals surface area contributed by atoms with Crippen LogP contribution < -0.4 is 0 Å². The standard InChI is InChI=1S/C14H26N2O/c1-15(2)13-8-10-16(11-9-13)14(17)12-6-4-3-5-7-12/h12-13H,3-11H2,1-2H3. The maximum absolute atomic E-state index is 12.3. The molecule has 1 saturated heterocycles. The lowest BCUT2D eigenvalue weighted by atomic mass is 9.87. The molecule has 2 aliphatic rings. The van der Waals surface area contributed by atoms with Crippen molar-refractivity contribution in [1.82, 2.24) is 9.80 Å². The molecule has 0 atom stereocenters. The molecule has 3 nitrogen and oxygen atoms in total. The Morgan fingerprint density at radius 2 is 1.59 bits per heavy atom. The predicted octanol–water partition coefficient (Wildman–Crippen LogP) is 2.12. The van der Waals surface area contributed by atoms with Crippen LogP contribution in [0.5, 0.6) is 0 Å². The minimum absolute atomic E-state index is 0.347. The second kappa shape index (κ2) is 5.85. The molecule has 0 unspecified atom stereocenters. The van der Waals surface area contributed by atoms with E-state index in [-0.39, 0.29) is 0 Å². The minimum Gasteiger partial charge on any atom is -0.342 e. The fourth-order valence-electron chi connectivity index (χ4n) is 3.21. The minimum atomic E-state index is 0.347. The Hall–Kier alpha value is -0.570. The number of hydrogen-bond donors (Lipinski definition) is 0. The first-order valence-corrected chi connectivity index (χ1v) is 7.13. The highest BCUT2D eigenvalue weighted by atomic mass is 16.2. The van der Waals surface area contributed by atoms with Crippen LogP contribution in [0.4, 0.5) is 0 Å². The van der Waals surface area contributed by atoms with E-state index >= 15 is 0 Å². The van der Waals surface area contributed by atoms with Crippen molar-refractivity contribution in [3.8, 4) is 0 Å². The summed E-state index contributed by atoms with van der Waals surface area (Å²) in [5.41, 5.74) is 0. The fraction of sp³-hybridized carbons (Fsp3) is 0.929. The van der Waals surface area contributed by atoms with E-state index in [1.54, 1.807) is 0 Å². The fourth-order valence-corrected chi connectivity index (χ4v) is 3.21. The van der Waals surface area contributed by atoms with E-state index in [1.165, 1.54) is 19.3 Å². The number of nitrogens with zero attached hydrogens (tertiary/aromatic N) is 2. The summed E-state index contributed by atoms with van der Waals surface area (Å²) in [6.07, 6.45) is 8.39. The van der Waals surface area contributed by atoms with Gasteiger partial charge in [0.1, 0.15) is 0 Å². The molecule has 1 aliphatic heterocycles. The Balaban J connectivity index is 1.81. The zero-order chi connectivity index (χ0) is 12.3. The third kappa shape index (κ3) is 3.21. The van der Waals surface area contributed by atoms with Crippen molar-refractivity contribution in [3.63, 3.8) is 0 Å². The SMILES string of the molecule is CN(C)C1CCN(C(=O)C2CCCCC2)CC1. The smallest absolute Gasteiger partial charge is 0.225 e. The van der Waals surface area contributed by atoms with Crippen molar-refractivity contribution in [2.45, 2.75) is 51.0 Å². The first-order valence-electron chi connectivity index (χ1n) is 7.13. The summed E-state index contributed by atoms with van der Waals surface area (Å²) >= 11 is 0. The molecule has 0 bridgehead atoms. The van der Waals surface area contributed by atoms with Crippen LogP contribution in [0.3, 0.4) is 0 Å². The van der Waals surface area contributed by atoms with Gasteiger partial charge in [0.05, 0.1) is 0 Å². The Kier molecular flexibility index (Phi) is 4.43. The van der Waals surface area contributed by atoms with Crippen LogP contribution in [0.15, 0.2) is 0 Å². The average molecular weight is 238 g/mol. The first kappa shape index (κ1) is 12.9. The molecule has 0 aromatic carbocycles. The van der Waals surface area contributed by atoms with E-state index in [1.807, 2.05) is 0 Å². The molecule has 0 spiro atoms. The normalized spacial score (nSPS) is 24.3. The lowest BCUT2D eigenvalue weighted by molar-refractivity contribution is -0.138. The van der Waals surface area contributed by atoms with Crippen LogP contribution in [0, 0.1) is 5.92 Å². The highest BCUT2D eigenvalue weighted by Gasteiger charge is 2.29. The average Bonchev–Trinajstić information content (AvgIpc) is 2.39. The Labute approximate surface area is 105 Å². The molecular formula is C14H26N2O. The van der Waals surface area contributed by atoms with Crippen LogP contribution in [-0.2, 0) is 4.79 Å². The molecule has 2 fully saturated rings. The molecule has 0 aromatic rings. The summed E-state index contributed by atoms with van der Waals surface area (Å²) in [6.45, 7) is 1.94. The van der Waals surface area contributed by atoms with Gasteiger partial charge in [-0.25, -0.2) is 0 Å². The molecule has 1 amide bonds. The Morgan fingerprint density at radius 1 is 1.00 bits per heavy atom. The number of carbonyl (C=O) groups excluding carboxylic acids is 1. The maximum Gasteiger partial charge on any atom is 0.225 e. The number of rotatable bonds is 2. The second-order valence-corrected chi connectivity index (χ2v) is 5.86. The quantitative estimate of drug-likeness (QED) is 0.735. The van der Waals surface area contributed by atoms with Crippen LogP contribution in [0.2, 0.25) is 0 Å². The van der Waals surface area contributed by atoms with Crippen LogP contribution in [-0.4, -0.2) is 48.9 Å². The van der Waals surface area contributed by atoms with Gasteiger partial charge in [0, 0.05) is 25.0 Å². The largest absolute Gasteiger partial charge is 0.342 e. The van der Waals surface area contributed by atoms with E-state index in [2.05, 4.69) is 23.9 Å². The van der Waals surface area contributed by atoms with Gasteiger partial charge in [0.2, 0.25) is 5.91 Å². The maximum atomic E-state index is 12.3. The van der Waals surface area contributed by atoms with Gasteiger partial charge >= 0.3 is 0 Å². The van der Waals surface area contributed by atoms with Gasteiger partial charge in [-0.15, -0.1) is 0 Å². The van der Waals surface area contributed by atoms with Crippen molar-refractivity contribution >= 4 is 5.91 Å². The van der Waals surface area contributed by atoms with Gasteiger partial charge in [-0.3, -0.25) is 4.79 Å². The molecule has 0 radical (unpaired) electrons. The van der Waals surface area contributed by atoms with E-state index in [0.717, 1.165) is 38.8 Å². The molecule has 1 heterocycles. The van der Waals surface area contributed by atoms with Crippen LogP contribution in [0.25, 0.3) is 0 Å². The van der Waals surface area contributed by atoms with Crippen molar-refractivity contribution in [3.05, 3.63) is 0 Å². The topological polar surface area (TPSA) is 23.6 Å². The van der Waals surface area contributed by atoms with Crippen molar-refractivity contribution in [2.75, 3.05) is 27.2 Å². The highest BCUT2D eigenvalue weighted by molar-refractivity contribution is 5.79. The summed E-state index contributed by atoms with van der Waals surface area (Å²) in [5.74, 6) is 0.793. The van der Waals surface area contributed by atoms with Crippen molar-refractivity contribution in [2.24, 2.45) is 5.92 Å². The van der Waals surface area contributed by atoms with Gasteiger partial charge in [-0.05, 0) is 39.8 Å². The second-order valence-electron chi connectivity index (χ2n) is 5.86. The molecule has 17 heavy (non-hydrogen) atoms. The summed E-state index contributed by atoms with van der Waals surface area (Å²) in [7, 11) is 4.28. The first-order chi connectivity index (χ1) is 8.18. The molecule has 1 saturated carbocycles. The lowest BCUT2D eigenvalue weighted by Crippen LogP contribution is -2.46. The molecule has 0 aromatic heterocycles. The zero-order valence-corrected chi connectivity index (χ0v) is 11.3. The molecule has 98 valence electrons. The predicted molar refractivity (Wildman–Crippen MR) is 69.9 cm³/mol. The molecule has 0 N–H and O–H groups in total. The van der Waals surface area contributed by atoms with Crippen LogP contribution in [0.1, 0.15) is 44.9 Å². The number of likely N-dealkylation sites (tertiary alicyclic amines) is 1. The Morgan fingerprint density at radius 3 is 2.12 bits per heavy atom. The van der Waals surface area contributed by atoms with Crippen LogP contribution >= 0.6 is 0 Å². The van der Waals surface area contributed by atoms with E-state index in [4.69, 9.17) is 0 Å². The van der Waals surface area contributed by atoms with Crippen molar-refractivity contribution in [1.29, 1.82) is 0 Å². The summed E-state index contributed by atoms with van der Waals surface area (Å²) in [4.78, 5) is 16.8. The third-order valence-electron chi connectivity index (χ3n) is 4.46. The van der Waals surface area contributed by atoms with Gasteiger partial charge in [0.25, 0.3) is 0 Å². The molecule has 1 aliphatic carbocycles. The summed E-state index contributed by atoms with van der Waals surface area (Å²) in [6, 6.07) is 0.672. The number of amides is 1. The van der Waals surface area contributed by atoms with Gasteiger partial charge < -0.3 is 9.80 Å². The van der Waals surface area contributed by atoms with Crippen molar-refractivity contribution < 1.29 is 4.79 Å². The number of carbonyl (C=O) groups is 1. The highest BCUT2D eigenvalue weighted by Crippen LogP contribution is 2.26. The lowest BCUT2D eigenvalue weighted by Gasteiger charge is -2.37. The molecular weight excluding hydrogens is 212 g/mol. The summed E-state index contributed by atoms with van der Waals surface area (Å²) in [5, 5.41) is 0. The Bertz CT molecular complexity index is 251. The van der Waals surface area contributed by atoms with Gasteiger partial charge in [-0.2, -0.15) is 0 Å².